The number of imidazole rings is 1. The number of aromatic nitrogens is 4. The summed E-state index contributed by atoms with van der Waals surface area (Å²) in [5, 5.41) is 4.37. The van der Waals surface area contributed by atoms with Crippen molar-refractivity contribution < 1.29 is 0 Å². The molecule has 0 bridgehead atoms. The van der Waals surface area contributed by atoms with Crippen LogP contribution in [0.15, 0.2) is 30.9 Å². The van der Waals surface area contributed by atoms with Crippen molar-refractivity contribution in [3.8, 4) is 0 Å². The molecule has 3 rings (SSSR count). The lowest BCUT2D eigenvalue weighted by atomic mass is 10.1. The fourth-order valence-electron chi connectivity index (χ4n) is 2.01. The van der Waals surface area contributed by atoms with E-state index in [1.807, 2.05) is 19.1 Å². The Morgan fingerprint density at radius 3 is 2.90 bits per heavy atom. The Bertz CT molecular complexity index is 755. The summed E-state index contributed by atoms with van der Waals surface area (Å²) in [6.45, 7) is 1.99. The number of halogens is 2. The molecule has 5 nitrogen and oxygen atoms in total. The molecule has 0 radical (unpaired) electrons. The van der Waals surface area contributed by atoms with Crippen LogP contribution in [0.25, 0.3) is 11.2 Å². The van der Waals surface area contributed by atoms with E-state index < -0.39 is 0 Å². The molecule has 102 valence electrons. The molecular weight excluding hydrogens is 297 g/mol. The molecule has 0 aliphatic carbocycles. The smallest absolute Gasteiger partial charge is 0.182 e. The van der Waals surface area contributed by atoms with Gasteiger partial charge in [0.15, 0.2) is 11.5 Å². The van der Waals surface area contributed by atoms with Crippen molar-refractivity contribution in [1.29, 1.82) is 0 Å². The zero-order valence-electron chi connectivity index (χ0n) is 10.6. The van der Waals surface area contributed by atoms with E-state index in [9.17, 15) is 0 Å². The van der Waals surface area contributed by atoms with Crippen LogP contribution < -0.4 is 5.32 Å². The van der Waals surface area contributed by atoms with Gasteiger partial charge in [0.2, 0.25) is 0 Å². The van der Waals surface area contributed by atoms with Gasteiger partial charge in [0.1, 0.15) is 11.8 Å². The first-order valence-electron chi connectivity index (χ1n) is 6.01. The lowest BCUT2D eigenvalue weighted by molar-refractivity contribution is 0.875. The van der Waals surface area contributed by atoms with Gasteiger partial charge in [-0.25, -0.2) is 15.0 Å². The van der Waals surface area contributed by atoms with Crippen molar-refractivity contribution in [2.45, 2.75) is 13.0 Å². The largest absolute Gasteiger partial charge is 0.362 e. The van der Waals surface area contributed by atoms with Gasteiger partial charge in [0.25, 0.3) is 0 Å². The summed E-state index contributed by atoms with van der Waals surface area (Å²) in [5.41, 5.74) is 2.29. The summed E-state index contributed by atoms with van der Waals surface area (Å²) < 4.78 is 0. The van der Waals surface area contributed by atoms with E-state index in [1.54, 1.807) is 12.4 Å². The van der Waals surface area contributed by atoms with Gasteiger partial charge in [-0.05, 0) is 18.6 Å². The standard InChI is InChI=1S/C13H11Cl2N5/c1-7(8-3-2-4-9(14)10(8)15)20-13-11-12(17-5-16-11)18-6-19-13/h2-7H,1H3,(H2,16,17,18,19,20). The summed E-state index contributed by atoms with van der Waals surface area (Å²) in [4.78, 5) is 15.4. The Morgan fingerprint density at radius 2 is 2.05 bits per heavy atom. The molecule has 7 heteroatoms. The predicted octanol–water partition coefficient (Wildman–Crippen LogP) is 3.83. The molecule has 0 amide bonds. The number of hydrogen-bond donors (Lipinski definition) is 2. The summed E-state index contributed by atoms with van der Waals surface area (Å²) in [5.74, 6) is 0.677. The average Bonchev–Trinajstić information content (AvgIpc) is 2.91. The predicted molar refractivity (Wildman–Crippen MR) is 80.2 cm³/mol. The molecule has 0 saturated carbocycles. The Morgan fingerprint density at radius 1 is 1.20 bits per heavy atom. The highest BCUT2D eigenvalue weighted by atomic mass is 35.5. The van der Waals surface area contributed by atoms with Crippen LogP contribution in [0.2, 0.25) is 10.0 Å². The van der Waals surface area contributed by atoms with Crippen molar-refractivity contribution in [2.24, 2.45) is 0 Å². The number of nitrogens with zero attached hydrogens (tertiary/aromatic N) is 3. The number of hydrogen-bond acceptors (Lipinski definition) is 4. The zero-order valence-corrected chi connectivity index (χ0v) is 12.1. The SMILES string of the molecule is CC(Nc1ncnc2nc[nH]c12)c1cccc(Cl)c1Cl. The van der Waals surface area contributed by atoms with Gasteiger partial charge >= 0.3 is 0 Å². The average molecular weight is 308 g/mol. The number of fused-ring (bicyclic) bond motifs is 1. The van der Waals surface area contributed by atoms with E-state index in [2.05, 4.69) is 25.3 Å². The van der Waals surface area contributed by atoms with E-state index >= 15 is 0 Å². The van der Waals surface area contributed by atoms with Gasteiger partial charge in [0.05, 0.1) is 22.4 Å². The summed E-state index contributed by atoms with van der Waals surface area (Å²) in [6.07, 6.45) is 3.05. The molecule has 1 unspecified atom stereocenters. The second kappa shape index (κ2) is 5.26. The summed E-state index contributed by atoms with van der Waals surface area (Å²) in [6, 6.07) is 5.50. The lowest BCUT2D eigenvalue weighted by Gasteiger charge is -2.17. The van der Waals surface area contributed by atoms with Crippen LogP contribution in [0.1, 0.15) is 18.5 Å². The van der Waals surface area contributed by atoms with Gasteiger partial charge in [-0.1, -0.05) is 35.3 Å². The molecule has 2 heterocycles. The first-order valence-corrected chi connectivity index (χ1v) is 6.77. The highest BCUT2D eigenvalue weighted by Crippen LogP contribution is 2.31. The zero-order chi connectivity index (χ0) is 14.1. The van der Waals surface area contributed by atoms with Gasteiger partial charge in [0, 0.05) is 0 Å². The molecule has 2 N–H and O–H groups in total. The topological polar surface area (TPSA) is 66.5 Å². The Hall–Kier alpha value is -1.85. The third kappa shape index (κ3) is 2.30. The molecule has 1 aromatic carbocycles. The van der Waals surface area contributed by atoms with Crippen LogP contribution >= 0.6 is 23.2 Å². The van der Waals surface area contributed by atoms with Crippen LogP contribution in [0, 0.1) is 0 Å². The maximum absolute atomic E-state index is 6.23. The summed E-state index contributed by atoms with van der Waals surface area (Å²) >= 11 is 12.3. The maximum Gasteiger partial charge on any atom is 0.182 e. The lowest BCUT2D eigenvalue weighted by Crippen LogP contribution is -2.09. The van der Waals surface area contributed by atoms with Crippen LogP contribution in [-0.2, 0) is 0 Å². The highest BCUT2D eigenvalue weighted by Gasteiger charge is 2.14. The first kappa shape index (κ1) is 13.1. The second-order valence-corrected chi connectivity index (χ2v) is 5.12. The summed E-state index contributed by atoms with van der Waals surface area (Å²) in [7, 11) is 0. The van der Waals surface area contributed by atoms with Crippen molar-refractivity contribution >= 4 is 40.2 Å². The highest BCUT2D eigenvalue weighted by molar-refractivity contribution is 6.42. The van der Waals surface area contributed by atoms with E-state index in [-0.39, 0.29) is 6.04 Å². The minimum Gasteiger partial charge on any atom is -0.362 e. The normalized spacial score (nSPS) is 12.6. The molecular formula is C13H11Cl2N5. The molecule has 0 saturated heterocycles. The Kier molecular flexibility index (Phi) is 3.46. The van der Waals surface area contributed by atoms with Gasteiger partial charge in [-0.2, -0.15) is 0 Å². The molecule has 0 aliphatic rings. The van der Waals surface area contributed by atoms with E-state index in [0.29, 0.717) is 21.5 Å². The van der Waals surface area contributed by atoms with E-state index in [0.717, 1.165) is 11.1 Å². The number of H-pyrrole nitrogens is 1. The molecule has 1 atom stereocenters. The van der Waals surface area contributed by atoms with E-state index in [4.69, 9.17) is 23.2 Å². The molecule has 0 aliphatic heterocycles. The quantitative estimate of drug-likeness (QED) is 0.771. The van der Waals surface area contributed by atoms with Crippen molar-refractivity contribution in [1.82, 2.24) is 19.9 Å². The van der Waals surface area contributed by atoms with Gasteiger partial charge in [-0.3, -0.25) is 0 Å². The fraction of sp³-hybridized carbons (Fsp3) is 0.154. The van der Waals surface area contributed by atoms with Crippen LogP contribution in [0.3, 0.4) is 0 Å². The van der Waals surface area contributed by atoms with Crippen LogP contribution in [0.4, 0.5) is 5.82 Å². The van der Waals surface area contributed by atoms with Crippen molar-refractivity contribution in [3.05, 3.63) is 46.5 Å². The van der Waals surface area contributed by atoms with Crippen LogP contribution in [-0.4, -0.2) is 19.9 Å². The monoisotopic (exact) mass is 307 g/mol. The third-order valence-electron chi connectivity index (χ3n) is 3.02. The van der Waals surface area contributed by atoms with Crippen molar-refractivity contribution in [2.75, 3.05) is 5.32 Å². The minimum absolute atomic E-state index is 0.0531. The molecule has 3 aromatic rings. The number of rotatable bonds is 3. The third-order valence-corrected chi connectivity index (χ3v) is 3.86. The number of benzene rings is 1. The van der Waals surface area contributed by atoms with Gasteiger partial charge in [-0.15, -0.1) is 0 Å². The van der Waals surface area contributed by atoms with Crippen LogP contribution in [0.5, 0.6) is 0 Å². The second-order valence-electron chi connectivity index (χ2n) is 4.33. The molecule has 0 spiro atoms. The molecule has 20 heavy (non-hydrogen) atoms. The minimum atomic E-state index is -0.0531. The number of nitrogens with one attached hydrogen (secondary N) is 2. The molecule has 0 fully saturated rings. The van der Waals surface area contributed by atoms with Crippen molar-refractivity contribution in [3.63, 3.8) is 0 Å². The Labute approximate surface area is 125 Å². The molecule has 2 aromatic heterocycles. The maximum atomic E-state index is 6.23. The first-order chi connectivity index (χ1) is 9.66. The number of anilines is 1. The van der Waals surface area contributed by atoms with Gasteiger partial charge < -0.3 is 10.3 Å². The number of aromatic amines is 1. The van der Waals surface area contributed by atoms with E-state index in [1.165, 1.54) is 6.33 Å². The Balaban J connectivity index is 1.94. The fourth-order valence-corrected chi connectivity index (χ4v) is 2.48.